The molecule has 0 aliphatic carbocycles. The van der Waals surface area contributed by atoms with Gasteiger partial charge in [0.15, 0.2) is 11.5 Å². The second kappa shape index (κ2) is 7.51. The molecular formula is C20H15N7O3S. The number of benzene rings is 2. The summed E-state index contributed by atoms with van der Waals surface area (Å²) in [5.41, 5.74) is 7.17. The number of aryl methyl sites for hydroxylation is 1. The van der Waals surface area contributed by atoms with Crippen molar-refractivity contribution in [3.8, 4) is 11.8 Å². The highest BCUT2D eigenvalue weighted by Crippen LogP contribution is 2.26. The van der Waals surface area contributed by atoms with Crippen LogP contribution in [0.5, 0.6) is 0 Å². The van der Waals surface area contributed by atoms with Gasteiger partial charge in [-0.1, -0.05) is 17.7 Å². The molecule has 154 valence electrons. The van der Waals surface area contributed by atoms with Gasteiger partial charge in [-0.05, 0) is 43.3 Å². The summed E-state index contributed by atoms with van der Waals surface area (Å²) in [6, 6.07) is 14.7. The van der Waals surface area contributed by atoms with Gasteiger partial charge >= 0.3 is 5.69 Å². The molecule has 3 N–H and O–H groups in total. The van der Waals surface area contributed by atoms with E-state index in [9.17, 15) is 13.2 Å². The van der Waals surface area contributed by atoms with Crippen LogP contribution in [0, 0.1) is 18.3 Å². The first-order chi connectivity index (χ1) is 14.8. The number of nitrogens with one attached hydrogen (secondary N) is 1. The molecule has 0 saturated carbocycles. The summed E-state index contributed by atoms with van der Waals surface area (Å²) in [4.78, 5) is 24.1. The van der Waals surface area contributed by atoms with Crippen molar-refractivity contribution < 1.29 is 8.42 Å². The van der Waals surface area contributed by atoms with E-state index in [-0.39, 0.29) is 27.6 Å². The average molecular weight is 433 g/mol. The number of hydrogen-bond acceptors (Lipinski definition) is 8. The summed E-state index contributed by atoms with van der Waals surface area (Å²) in [6.07, 6.45) is 1.40. The standard InChI is InChI=1S/C20H15N7O3S/c1-12-2-8-15(9-3-12)31(29,30)26-18-16(22)17-19(25-20(28)24-18)27(11-23-17)14-6-4-13(10-21)5-7-14/h2-9,11H,1H3,(H3,22,24,25,26,28). The largest absolute Gasteiger partial charge is 0.394 e. The van der Waals surface area contributed by atoms with E-state index in [1.54, 1.807) is 36.4 Å². The van der Waals surface area contributed by atoms with Crippen molar-refractivity contribution >= 4 is 32.7 Å². The zero-order chi connectivity index (χ0) is 22.2. The molecule has 4 rings (SSSR count). The van der Waals surface area contributed by atoms with Crippen LogP contribution in [0.1, 0.15) is 11.1 Å². The number of fused-ring (bicyclic) bond motifs is 1. The van der Waals surface area contributed by atoms with Gasteiger partial charge in [0.05, 0.1) is 16.5 Å². The second-order valence-corrected chi connectivity index (χ2v) is 8.31. The molecule has 2 heterocycles. The lowest BCUT2D eigenvalue weighted by Gasteiger charge is -2.07. The number of aromatic nitrogens is 4. The van der Waals surface area contributed by atoms with Gasteiger partial charge in [-0.15, -0.1) is 0 Å². The summed E-state index contributed by atoms with van der Waals surface area (Å²) in [7, 11) is -4.05. The number of imidazole rings is 1. The van der Waals surface area contributed by atoms with Crippen LogP contribution in [-0.2, 0) is 10.0 Å². The fraction of sp³-hybridized carbons (Fsp3) is 0.0500. The highest BCUT2D eigenvalue weighted by Gasteiger charge is 2.19. The Kier molecular flexibility index (Phi) is 4.84. The minimum Gasteiger partial charge on any atom is -0.394 e. The molecule has 11 heteroatoms. The summed E-state index contributed by atoms with van der Waals surface area (Å²) >= 11 is 0. The molecule has 0 radical (unpaired) electrons. The minimum absolute atomic E-state index is 0.00873. The monoisotopic (exact) mass is 433 g/mol. The molecule has 4 aromatic rings. The molecule has 0 aliphatic heterocycles. The van der Waals surface area contributed by atoms with Gasteiger partial charge in [0.2, 0.25) is 0 Å². The van der Waals surface area contributed by atoms with E-state index in [0.717, 1.165) is 5.56 Å². The first kappa shape index (κ1) is 20.0. The maximum Gasteiger partial charge on any atom is 0.371 e. The molecule has 31 heavy (non-hydrogen) atoms. The third kappa shape index (κ3) is 3.79. The predicted molar refractivity (Wildman–Crippen MR) is 114 cm³/mol. The van der Waals surface area contributed by atoms with Crippen molar-refractivity contribution in [2.24, 2.45) is 0 Å². The number of nitrogens with two attached hydrogens (primary N) is 1. The van der Waals surface area contributed by atoms with Crippen molar-refractivity contribution in [2.45, 2.75) is 11.8 Å². The van der Waals surface area contributed by atoms with E-state index in [2.05, 4.69) is 19.7 Å². The van der Waals surface area contributed by atoms with Crippen LogP contribution in [0.4, 0.5) is 11.5 Å². The lowest BCUT2D eigenvalue weighted by Crippen LogP contribution is -2.17. The molecule has 0 fully saturated rings. The minimum atomic E-state index is -4.05. The first-order valence-electron chi connectivity index (χ1n) is 8.93. The maximum atomic E-state index is 12.7. The van der Waals surface area contributed by atoms with Crippen LogP contribution < -0.4 is 16.1 Å². The van der Waals surface area contributed by atoms with Crippen LogP contribution in [0.2, 0.25) is 0 Å². The molecule has 10 nitrogen and oxygen atoms in total. The first-order valence-corrected chi connectivity index (χ1v) is 10.4. The van der Waals surface area contributed by atoms with Crippen LogP contribution in [0.25, 0.3) is 16.9 Å². The van der Waals surface area contributed by atoms with Crippen molar-refractivity contribution in [3.63, 3.8) is 0 Å². The number of hydrogen-bond donors (Lipinski definition) is 2. The molecule has 0 bridgehead atoms. The molecule has 0 atom stereocenters. The predicted octanol–water partition coefficient (Wildman–Crippen LogP) is 1.74. The summed E-state index contributed by atoms with van der Waals surface area (Å²) in [5.74, 6) is -0.363. The fourth-order valence-electron chi connectivity index (χ4n) is 2.89. The van der Waals surface area contributed by atoms with E-state index in [0.29, 0.717) is 11.3 Å². The number of nitrogens with zero attached hydrogens (tertiary/aromatic N) is 5. The van der Waals surface area contributed by atoms with Gasteiger partial charge in [-0.3, -0.25) is 9.29 Å². The third-order valence-electron chi connectivity index (χ3n) is 4.50. The average Bonchev–Trinajstić information content (AvgIpc) is 3.11. The molecule has 0 amide bonds. The van der Waals surface area contributed by atoms with Crippen molar-refractivity contribution in [3.05, 3.63) is 76.5 Å². The van der Waals surface area contributed by atoms with Gasteiger partial charge in [-0.25, -0.2) is 18.2 Å². The molecule has 0 spiro atoms. The maximum absolute atomic E-state index is 12.7. The van der Waals surface area contributed by atoms with E-state index in [1.807, 2.05) is 13.0 Å². The van der Waals surface area contributed by atoms with Crippen LogP contribution in [-0.4, -0.2) is 27.9 Å². The smallest absolute Gasteiger partial charge is 0.371 e. The molecule has 0 saturated heterocycles. The van der Waals surface area contributed by atoms with Gasteiger partial charge in [0.1, 0.15) is 17.5 Å². The Hall–Kier alpha value is -4.30. The highest BCUT2D eigenvalue weighted by atomic mass is 32.2. The Morgan fingerprint density at radius 1 is 1.06 bits per heavy atom. The van der Waals surface area contributed by atoms with E-state index in [1.165, 1.54) is 23.0 Å². The SMILES string of the molecule is Cc1ccc(S(=O)(=O)Nc2nc(=O)nc3c(ncn3-c3ccc(C#N)cc3)c2N)cc1. The van der Waals surface area contributed by atoms with E-state index in [4.69, 9.17) is 11.0 Å². The zero-order valence-electron chi connectivity index (χ0n) is 16.1. The highest BCUT2D eigenvalue weighted by molar-refractivity contribution is 7.92. The molecule has 0 unspecified atom stereocenters. The Bertz CT molecular complexity index is 1500. The second-order valence-electron chi connectivity index (χ2n) is 6.63. The number of sulfonamides is 1. The lowest BCUT2D eigenvalue weighted by atomic mass is 10.2. The van der Waals surface area contributed by atoms with Crippen LogP contribution >= 0.6 is 0 Å². The van der Waals surface area contributed by atoms with Crippen molar-refractivity contribution in [1.29, 1.82) is 5.26 Å². The number of rotatable bonds is 4. The summed E-state index contributed by atoms with van der Waals surface area (Å²) in [6.45, 7) is 1.83. The fourth-order valence-corrected chi connectivity index (χ4v) is 3.91. The summed E-state index contributed by atoms with van der Waals surface area (Å²) in [5, 5.41) is 8.95. The topological polar surface area (TPSA) is 157 Å². The number of anilines is 2. The van der Waals surface area contributed by atoms with Crippen LogP contribution in [0.15, 0.2) is 64.5 Å². The number of nitriles is 1. The Morgan fingerprint density at radius 3 is 2.39 bits per heavy atom. The zero-order valence-corrected chi connectivity index (χ0v) is 17.0. The third-order valence-corrected chi connectivity index (χ3v) is 5.85. The van der Waals surface area contributed by atoms with Gasteiger partial charge in [0, 0.05) is 5.69 Å². The van der Waals surface area contributed by atoms with E-state index < -0.39 is 15.7 Å². The summed E-state index contributed by atoms with van der Waals surface area (Å²) < 4.78 is 29.2. The van der Waals surface area contributed by atoms with E-state index >= 15 is 0 Å². The van der Waals surface area contributed by atoms with Crippen molar-refractivity contribution in [1.82, 2.24) is 19.5 Å². The van der Waals surface area contributed by atoms with Gasteiger partial charge < -0.3 is 5.73 Å². The molecule has 2 aromatic heterocycles. The Labute approximate surface area is 176 Å². The van der Waals surface area contributed by atoms with Crippen LogP contribution in [0.3, 0.4) is 0 Å². The molecule has 2 aromatic carbocycles. The lowest BCUT2D eigenvalue weighted by molar-refractivity contribution is 0.601. The normalized spacial score (nSPS) is 11.2. The van der Waals surface area contributed by atoms with Gasteiger partial charge in [0.25, 0.3) is 10.0 Å². The molecule has 0 aliphatic rings. The van der Waals surface area contributed by atoms with Crippen molar-refractivity contribution in [2.75, 3.05) is 10.5 Å². The van der Waals surface area contributed by atoms with Gasteiger partial charge in [-0.2, -0.15) is 15.2 Å². The quantitative estimate of drug-likeness (QED) is 0.493. The Morgan fingerprint density at radius 2 is 1.74 bits per heavy atom. The molecular weight excluding hydrogens is 418 g/mol. The number of nitrogen functional groups attached to an aromatic ring is 1. The Balaban J connectivity index is 1.83.